The topological polar surface area (TPSA) is 63.3 Å². The quantitative estimate of drug-likeness (QED) is 0.224. The van der Waals surface area contributed by atoms with Gasteiger partial charge in [-0.2, -0.15) is 0 Å². The summed E-state index contributed by atoms with van der Waals surface area (Å²) < 4.78 is 1.12. The molecule has 0 unspecified atom stereocenters. The van der Waals surface area contributed by atoms with Crippen LogP contribution in [0.5, 0.6) is 0 Å². The summed E-state index contributed by atoms with van der Waals surface area (Å²) in [6.45, 7) is 0.738. The summed E-state index contributed by atoms with van der Waals surface area (Å²) >= 11 is 3.45. The highest BCUT2D eigenvalue weighted by atomic mass is 127. The van der Waals surface area contributed by atoms with Crippen molar-refractivity contribution < 1.29 is 0 Å². The number of aryl methyl sites for hydroxylation is 2. The van der Waals surface area contributed by atoms with Crippen LogP contribution in [0.4, 0.5) is 5.69 Å². The second kappa shape index (κ2) is 9.48. The van der Waals surface area contributed by atoms with Gasteiger partial charge in [-0.05, 0) is 48.9 Å². The van der Waals surface area contributed by atoms with Crippen molar-refractivity contribution in [2.75, 3.05) is 17.6 Å². The van der Waals surface area contributed by atoms with Gasteiger partial charge in [0.15, 0.2) is 5.96 Å². The van der Waals surface area contributed by atoms with Gasteiger partial charge in [-0.25, -0.2) is 4.98 Å². The number of guanidine groups is 1. The van der Waals surface area contributed by atoms with Crippen molar-refractivity contribution in [3.8, 4) is 0 Å². The van der Waals surface area contributed by atoms with E-state index in [1.807, 2.05) is 11.6 Å². The molecule has 1 aromatic heterocycles. The Kier molecular flexibility index (Phi) is 7.64. The van der Waals surface area contributed by atoms with Crippen molar-refractivity contribution in [2.24, 2.45) is 10.7 Å². The fourth-order valence-electron chi connectivity index (χ4n) is 2.54. The van der Waals surface area contributed by atoms with Crippen LogP contribution in [-0.4, -0.2) is 23.2 Å². The van der Waals surface area contributed by atoms with Crippen LogP contribution in [0.25, 0.3) is 0 Å². The van der Waals surface area contributed by atoms with Crippen LogP contribution in [0.15, 0.2) is 39.1 Å². The van der Waals surface area contributed by atoms with E-state index in [4.69, 9.17) is 5.73 Å². The van der Waals surface area contributed by atoms with E-state index in [-0.39, 0.29) is 24.0 Å². The molecule has 2 aromatic rings. The van der Waals surface area contributed by atoms with Crippen LogP contribution in [0, 0.1) is 0 Å². The van der Waals surface area contributed by atoms with E-state index in [2.05, 4.69) is 33.5 Å². The Bertz CT molecular complexity index is 644. The fourth-order valence-corrected chi connectivity index (χ4v) is 4.17. The first-order chi connectivity index (χ1) is 10.8. The summed E-state index contributed by atoms with van der Waals surface area (Å²) in [5.41, 5.74) is 9.91. The molecule has 0 aliphatic heterocycles. The molecule has 0 amide bonds. The predicted molar refractivity (Wildman–Crippen MR) is 111 cm³/mol. The smallest absolute Gasteiger partial charge is 0.193 e. The number of nitrogens with two attached hydrogens (primary N) is 1. The number of rotatable bonds is 6. The second-order valence-electron chi connectivity index (χ2n) is 5.23. The summed E-state index contributed by atoms with van der Waals surface area (Å²) in [4.78, 5) is 8.63. The van der Waals surface area contributed by atoms with Crippen LogP contribution < -0.4 is 11.1 Å². The Hall–Kier alpha value is -0.800. The molecule has 4 nitrogen and oxygen atoms in total. The minimum absolute atomic E-state index is 0. The molecule has 0 saturated carbocycles. The third-order valence-corrected chi connectivity index (χ3v) is 5.64. The molecule has 0 spiro atoms. The lowest BCUT2D eigenvalue weighted by molar-refractivity contribution is 0.912. The van der Waals surface area contributed by atoms with Gasteiger partial charge in [-0.15, -0.1) is 35.3 Å². The summed E-state index contributed by atoms with van der Waals surface area (Å²) in [5.74, 6) is 1.51. The maximum atomic E-state index is 5.95. The summed E-state index contributed by atoms with van der Waals surface area (Å²) in [6, 6.07) is 6.48. The molecule has 0 radical (unpaired) electrons. The number of benzene rings is 1. The molecule has 0 fully saturated rings. The number of aromatic nitrogens is 1. The molecule has 1 heterocycles. The molecule has 0 bridgehead atoms. The summed E-state index contributed by atoms with van der Waals surface area (Å²) in [6.07, 6.45) is 6.48. The van der Waals surface area contributed by atoms with Crippen LogP contribution >= 0.6 is 47.1 Å². The number of nitrogens with one attached hydrogen (secondary N) is 1. The lowest BCUT2D eigenvalue weighted by Crippen LogP contribution is -2.23. The van der Waals surface area contributed by atoms with Gasteiger partial charge in [0, 0.05) is 29.6 Å². The minimum atomic E-state index is 0. The van der Waals surface area contributed by atoms with Gasteiger partial charge in [0.2, 0.25) is 0 Å². The Morgan fingerprint density at radius 3 is 3.04 bits per heavy atom. The molecule has 7 heteroatoms. The number of nitrogens with zero attached hydrogens (tertiary/aromatic N) is 2. The average Bonchev–Trinajstić information content (AvgIpc) is 3.17. The number of thioether (sulfide) groups is 1. The standard InChI is InChI=1S/C16H20N4S2.HI/c17-15(18-7-2-9-21-16-19-8-10-22-16)20-14-6-5-12-3-1-4-13(12)11-14;/h5-6,8,10-11H,1-4,7,9H2,(H3,17,18,20);1H. The van der Waals surface area contributed by atoms with Crippen molar-refractivity contribution in [1.82, 2.24) is 4.98 Å². The van der Waals surface area contributed by atoms with Crippen molar-refractivity contribution >= 4 is 58.7 Å². The monoisotopic (exact) mass is 460 g/mol. The lowest BCUT2D eigenvalue weighted by atomic mass is 10.1. The van der Waals surface area contributed by atoms with Gasteiger partial charge in [-0.1, -0.05) is 17.8 Å². The molecular formula is C16H21IN4S2. The van der Waals surface area contributed by atoms with Crippen LogP contribution in [0.2, 0.25) is 0 Å². The number of fused-ring (bicyclic) bond motifs is 1. The third-order valence-electron chi connectivity index (χ3n) is 3.59. The first kappa shape index (κ1) is 18.5. The first-order valence-electron chi connectivity index (χ1n) is 7.52. The SMILES string of the molecule is I.NC(=NCCCSc1nccs1)Nc1ccc2c(c1)CCC2. The van der Waals surface area contributed by atoms with Gasteiger partial charge in [0.05, 0.1) is 0 Å². The Balaban J connectivity index is 0.00000192. The van der Waals surface area contributed by atoms with Gasteiger partial charge >= 0.3 is 0 Å². The van der Waals surface area contributed by atoms with Gasteiger partial charge in [-0.3, -0.25) is 4.99 Å². The number of hydrogen-bond donors (Lipinski definition) is 2. The highest BCUT2D eigenvalue weighted by molar-refractivity contribution is 14.0. The number of hydrogen-bond acceptors (Lipinski definition) is 4. The van der Waals surface area contributed by atoms with E-state index in [0.29, 0.717) is 5.96 Å². The van der Waals surface area contributed by atoms with Gasteiger partial charge in [0.1, 0.15) is 4.34 Å². The molecule has 23 heavy (non-hydrogen) atoms. The maximum Gasteiger partial charge on any atom is 0.193 e. The zero-order valence-electron chi connectivity index (χ0n) is 12.8. The van der Waals surface area contributed by atoms with E-state index >= 15 is 0 Å². The highest BCUT2D eigenvalue weighted by Crippen LogP contribution is 2.24. The van der Waals surface area contributed by atoms with Crippen molar-refractivity contribution in [1.29, 1.82) is 0 Å². The molecule has 0 saturated heterocycles. The van der Waals surface area contributed by atoms with E-state index < -0.39 is 0 Å². The van der Waals surface area contributed by atoms with Crippen LogP contribution in [0.1, 0.15) is 24.0 Å². The molecule has 1 aliphatic rings. The third kappa shape index (κ3) is 5.65. The Morgan fingerprint density at radius 2 is 2.22 bits per heavy atom. The molecule has 3 rings (SSSR count). The van der Waals surface area contributed by atoms with E-state index in [9.17, 15) is 0 Å². The van der Waals surface area contributed by atoms with Crippen molar-refractivity contribution in [3.05, 3.63) is 40.9 Å². The fraction of sp³-hybridized carbons (Fsp3) is 0.375. The normalized spacial score (nSPS) is 13.5. The van der Waals surface area contributed by atoms with Gasteiger partial charge < -0.3 is 11.1 Å². The van der Waals surface area contributed by atoms with Crippen LogP contribution in [-0.2, 0) is 12.8 Å². The molecule has 1 aliphatic carbocycles. The lowest BCUT2D eigenvalue weighted by Gasteiger charge is -2.07. The highest BCUT2D eigenvalue weighted by Gasteiger charge is 2.10. The molecule has 1 aromatic carbocycles. The first-order valence-corrected chi connectivity index (χ1v) is 9.39. The van der Waals surface area contributed by atoms with Crippen LogP contribution in [0.3, 0.4) is 0 Å². The summed E-state index contributed by atoms with van der Waals surface area (Å²) in [5, 5.41) is 5.19. The van der Waals surface area contributed by atoms with Gasteiger partial charge in [0.25, 0.3) is 0 Å². The predicted octanol–water partition coefficient (Wildman–Crippen LogP) is 4.16. The Labute approximate surface area is 162 Å². The molecule has 3 N–H and O–H groups in total. The van der Waals surface area contributed by atoms with Crippen molar-refractivity contribution in [3.63, 3.8) is 0 Å². The molecule has 0 atom stereocenters. The zero-order valence-corrected chi connectivity index (χ0v) is 16.8. The average molecular weight is 460 g/mol. The number of halogens is 1. The maximum absolute atomic E-state index is 5.95. The minimum Gasteiger partial charge on any atom is -0.370 e. The van der Waals surface area contributed by atoms with Crippen molar-refractivity contribution in [2.45, 2.75) is 30.0 Å². The molecular weight excluding hydrogens is 439 g/mol. The number of thiazole rings is 1. The molecule has 124 valence electrons. The second-order valence-corrected chi connectivity index (χ2v) is 7.47. The number of aliphatic imine (C=N–C) groups is 1. The number of anilines is 1. The Morgan fingerprint density at radius 1 is 1.35 bits per heavy atom. The summed E-state index contributed by atoms with van der Waals surface area (Å²) in [7, 11) is 0. The largest absolute Gasteiger partial charge is 0.370 e. The van der Waals surface area contributed by atoms with E-state index in [0.717, 1.165) is 28.7 Å². The van der Waals surface area contributed by atoms with E-state index in [1.165, 1.54) is 30.4 Å². The zero-order chi connectivity index (χ0) is 15.2. The van der Waals surface area contributed by atoms with E-state index in [1.54, 1.807) is 23.1 Å².